The fourth-order valence-electron chi connectivity index (χ4n) is 3.22. The van der Waals surface area contributed by atoms with Crippen molar-refractivity contribution in [3.63, 3.8) is 0 Å². The Kier molecular flexibility index (Phi) is 1.90. The normalized spacial score (nSPS) is 27.2. The van der Waals surface area contributed by atoms with Crippen LogP contribution >= 0.6 is 0 Å². The number of hydrogen-bond donors (Lipinski definition) is 1. The Morgan fingerprint density at radius 1 is 1.33 bits per heavy atom. The molecule has 1 saturated carbocycles. The van der Waals surface area contributed by atoms with Crippen LogP contribution in [0.3, 0.4) is 0 Å². The van der Waals surface area contributed by atoms with Crippen molar-refractivity contribution in [1.29, 1.82) is 0 Å². The lowest BCUT2D eigenvalue weighted by atomic mass is 9.56. The smallest absolute Gasteiger partial charge is 0.123 e. The summed E-state index contributed by atoms with van der Waals surface area (Å²) in [5, 5.41) is 0. The molecular weight excluding hydrogens is 189 g/mol. The Morgan fingerprint density at radius 3 is 2.80 bits per heavy atom. The highest BCUT2D eigenvalue weighted by molar-refractivity contribution is 5.41. The lowest BCUT2D eigenvalue weighted by Gasteiger charge is -2.50. The van der Waals surface area contributed by atoms with E-state index in [1.165, 1.54) is 17.5 Å². The summed E-state index contributed by atoms with van der Waals surface area (Å²) < 4.78 is 13.3. The maximum absolute atomic E-state index is 13.3. The second kappa shape index (κ2) is 3.05. The van der Waals surface area contributed by atoms with Crippen molar-refractivity contribution in [2.45, 2.75) is 43.6 Å². The van der Waals surface area contributed by atoms with Crippen LogP contribution in [0.15, 0.2) is 18.2 Å². The molecule has 0 aromatic heterocycles. The minimum Gasteiger partial charge on any atom is -0.327 e. The van der Waals surface area contributed by atoms with Crippen molar-refractivity contribution in [1.82, 2.24) is 0 Å². The van der Waals surface area contributed by atoms with Gasteiger partial charge in [-0.15, -0.1) is 0 Å². The van der Waals surface area contributed by atoms with E-state index in [2.05, 4.69) is 0 Å². The van der Waals surface area contributed by atoms with Gasteiger partial charge in [0.25, 0.3) is 0 Å². The maximum Gasteiger partial charge on any atom is 0.123 e. The molecule has 0 saturated heterocycles. The van der Waals surface area contributed by atoms with E-state index in [9.17, 15) is 4.39 Å². The van der Waals surface area contributed by atoms with Crippen molar-refractivity contribution < 1.29 is 4.39 Å². The largest absolute Gasteiger partial charge is 0.327 e. The zero-order valence-corrected chi connectivity index (χ0v) is 8.80. The molecule has 0 amide bonds. The molecule has 2 heteroatoms. The van der Waals surface area contributed by atoms with Gasteiger partial charge in [-0.3, -0.25) is 0 Å². The van der Waals surface area contributed by atoms with Gasteiger partial charge >= 0.3 is 0 Å². The third-order valence-corrected chi connectivity index (χ3v) is 4.29. The summed E-state index contributed by atoms with van der Waals surface area (Å²) in [7, 11) is 0. The van der Waals surface area contributed by atoms with E-state index in [-0.39, 0.29) is 17.3 Å². The Labute approximate surface area is 89.5 Å². The monoisotopic (exact) mass is 205 g/mol. The quantitative estimate of drug-likeness (QED) is 0.692. The molecule has 2 aliphatic carbocycles. The second-order valence-corrected chi connectivity index (χ2v) is 4.96. The first kappa shape index (κ1) is 9.34. The van der Waals surface area contributed by atoms with Crippen molar-refractivity contribution >= 4 is 0 Å². The number of halogens is 1. The fraction of sp³-hybridized carbons (Fsp3) is 0.538. The summed E-state index contributed by atoms with van der Waals surface area (Å²) in [5.41, 5.74) is 8.86. The summed E-state index contributed by atoms with van der Waals surface area (Å²) in [6, 6.07) is 5.46. The van der Waals surface area contributed by atoms with Crippen LogP contribution in [0.4, 0.5) is 4.39 Å². The second-order valence-electron chi connectivity index (χ2n) is 4.96. The van der Waals surface area contributed by atoms with Crippen molar-refractivity contribution in [3.8, 4) is 0 Å². The Morgan fingerprint density at radius 2 is 2.13 bits per heavy atom. The standard InChI is InChI=1S/C13H16FN/c14-10-4-2-9-3-5-12(15)13(6-1-7-13)11(9)8-10/h2,4,8,12H,1,3,5-7,15H2. The zero-order chi connectivity index (χ0) is 10.5. The van der Waals surface area contributed by atoms with Crippen LogP contribution in [-0.2, 0) is 11.8 Å². The number of aryl methyl sites for hydroxylation is 1. The van der Waals surface area contributed by atoms with Crippen LogP contribution in [-0.4, -0.2) is 6.04 Å². The molecule has 0 bridgehead atoms. The van der Waals surface area contributed by atoms with E-state index in [0.717, 1.165) is 25.7 Å². The molecule has 0 aliphatic heterocycles. The average Bonchev–Trinajstić information content (AvgIpc) is 2.14. The van der Waals surface area contributed by atoms with Gasteiger partial charge in [0.05, 0.1) is 0 Å². The van der Waals surface area contributed by atoms with Crippen LogP contribution in [0.5, 0.6) is 0 Å². The molecule has 1 aromatic rings. The highest BCUT2D eigenvalue weighted by Gasteiger charge is 2.46. The topological polar surface area (TPSA) is 26.0 Å². The SMILES string of the molecule is NC1CCc2ccc(F)cc2C12CCC2. The van der Waals surface area contributed by atoms with E-state index in [1.54, 1.807) is 12.1 Å². The Balaban J connectivity index is 2.14. The molecule has 0 heterocycles. The summed E-state index contributed by atoms with van der Waals surface area (Å²) in [6.07, 6.45) is 5.59. The number of rotatable bonds is 0. The highest BCUT2D eigenvalue weighted by atomic mass is 19.1. The molecule has 1 unspecified atom stereocenters. The molecular formula is C13H16FN. The fourth-order valence-corrected chi connectivity index (χ4v) is 3.22. The minimum atomic E-state index is -0.117. The molecule has 1 nitrogen and oxygen atoms in total. The Bertz CT molecular complexity index is 396. The average molecular weight is 205 g/mol. The van der Waals surface area contributed by atoms with Gasteiger partial charge in [0.1, 0.15) is 5.82 Å². The molecule has 1 aromatic carbocycles. The van der Waals surface area contributed by atoms with Crippen LogP contribution in [0, 0.1) is 5.82 Å². The third kappa shape index (κ3) is 1.18. The minimum absolute atomic E-state index is 0.117. The van der Waals surface area contributed by atoms with Crippen LogP contribution in [0.1, 0.15) is 36.8 Å². The van der Waals surface area contributed by atoms with E-state index in [4.69, 9.17) is 5.73 Å². The van der Waals surface area contributed by atoms with Gasteiger partial charge < -0.3 is 5.73 Å². The zero-order valence-electron chi connectivity index (χ0n) is 8.80. The molecule has 1 atom stereocenters. The van der Waals surface area contributed by atoms with Crippen molar-refractivity contribution in [2.24, 2.45) is 5.73 Å². The summed E-state index contributed by atoms with van der Waals surface area (Å²) >= 11 is 0. The molecule has 15 heavy (non-hydrogen) atoms. The molecule has 3 rings (SSSR count). The predicted molar refractivity (Wildman–Crippen MR) is 58.2 cm³/mol. The number of nitrogens with two attached hydrogens (primary N) is 1. The van der Waals surface area contributed by atoms with E-state index in [1.807, 2.05) is 6.07 Å². The first-order chi connectivity index (χ1) is 7.22. The van der Waals surface area contributed by atoms with Crippen molar-refractivity contribution in [3.05, 3.63) is 35.1 Å². The van der Waals surface area contributed by atoms with Gasteiger partial charge in [0, 0.05) is 11.5 Å². The number of benzene rings is 1. The van der Waals surface area contributed by atoms with Crippen LogP contribution in [0.2, 0.25) is 0 Å². The summed E-state index contributed by atoms with van der Waals surface area (Å²) in [6.45, 7) is 0. The highest BCUT2D eigenvalue weighted by Crippen LogP contribution is 2.50. The lowest BCUT2D eigenvalue weighted by Crippen LogP contribution is -2.53. The van der Waals surface area contributed by atoms with E-state index >= 15 is 0 Å². The molecule has 0 radical (unpaired) electrons. The summed E-state index contributed by atoms with van der Waals surface area (Å²) in [4.78, 5) is 0. The van der Waals surface area contributed by atoms with E-state index < -0.39 is 0 Å². The third-order valence-electron chi connectivity index (χ3n) is 4.29. The predicted octanol–water partition coefficient (Wildman–Crippen LogP) is 2.52. The molecule has 80 valence electrons. The number of hydrogen-bond acceptors (Lipinski definition) is 1. The molecule has 2 aliphatic rings. The first-order valence-electron chi connectivity index (χ1n) is 5.77. The lowest BCUT2D eigenvalue weighted by molar-refractivity contribution is 0.176. The van der Waals surface area contributed by atoms with Crippen molar-refractivity contribution in [2.75, 3.05) is 0 Å². The van der Waals surface area contributed by atoms with Gasteiger partial charge in [-0.1, -0.05) is 12.5 Å². The van der Waals surface area contributed by atoms with Gasteiger partial charge in [-0.25, -0.2) is 4.39 Å². The molecule has 1 fully saturated rings. The van der Waals surface area contributed by atoms with Gasteiger partial charge in [-0.2, -0.15) is 0 Å². The van der Waals surface area contributed by atoms with E-state index in [0.29, 0.717) is 0 Å². The van der Waals surface area contributed by atoms with Crippen LogP contribution < -0.4 is 5.73 Å². The maximum atomic E-state index is 13.3. The first-order valence-corrected chi connectivity index (χ1v) is 5.77. The number of fused-ring (bicyclic) bond motifs is 2. The molecule has 1 spiro atoms. The Hall–Kier alpha value is -0.890. The molecule has 2 N–H and O–H groups in total. The van der Waals surface area contributed by atoms with Gasteiger partial charge in [0.2, 0.25) is 0 Å². The summed E-state index contributed by atoms with van der Waals surface area (Å²) in [5.74, 6) is -0.117. The van der Waals surface area contributed by atoms with Gasteiger partial charge in [-0.05, 0) is 48.9 Å². The van der Waals surface area contributed by atoms with Gasteiger partial charge in [0.15, 0.2) is 0 Å². The van der Waals surface area contributed by atoms with Crippen LogP contribution in [0.25, 0.3) is 0 Å².